The highest BCUT2D eigenvalue weighted by Crippen LogP contribution is 2.27. The van der Waals surface area contributed by atoms with Crippen molar-refractivity contribution in [2.45, 2.75) is 19.8 Å². The average molecular weight is 309 g/mol. The van der Waals surface area contributed by atoms with Crippen LogP contribution in [0.1, 0.15) is 17.5 Å². The summed E-state index contributed by atoms with van der Waals surface area (Å²) in [5, 5.41) is 2.62. The number of amides is 2. The van der Waals surface area contributed by atoms with E-state index in [0.717, 1.165) is 29.7 Å². The molecule has 2 aromatic rings. The van der Waals surface area contributed by atoms with Crippen molar-refractivity contribution >= 4 is 28.9 Å². The van der Waals surface area contributed by atoms with E-state index in [0.29, 0.717) is 17.9 Å². The smallest absolute Gasteiger partial charge is 0.316 e. The molecular weight excluding hydrogens is 290 g/mol. The average Bonchev–Trinajstić information content (AvgIpc) is 2.57. The Morgan fingerprint density at radius 1 is 1.17 bits per heavy atom. The molecule has 0 fully saturated rings. The minimum Gasteiger partial charge on any atom is -0.397 e. The van der Waals surface area contributed by atoms with Gasteiger partial charge >= 0.3 is 11.8 Å². The van der Waals surface area contributed by atoms with E-state index in [1.165, 1.54) is 0 Å². The van der Waals surface area contributed by atoms with Crippen LogP contribution < -0.4 is 16.0 Å². The molecule has 2 aromatic carbocycles. The zero-order valence-corrected chi connectivity index (χ0v) is 13.0. The van der Waals surface area contributed by atoms with E-state index in [2.05, 4.69) is 5.32 Å². The maximum absolute atomic E-state index is 12.5. The molecule has 0 saturated carbocycles. The number of nitrogens with zero attached hydrogens (tertiary/aromatic N) is 1. The van der Waals surface area contributed by atoms with Gasteiger partial charge in [0.2, 0.25) is 0 Å². The van der Waals surface area contributed by atoms with Gasteiger partial charge in [0, 0.05) is 12.2 Å². The minimum absolute atomic E-state index is 0.441. The third-order valence-electron chi connectivity index (χ3n) is 4.01. The van der Waals surface area contributed by atoms with Crippen LogP contribution in [0.4, 0.5) is 17.1 Å². The van der Waals surface area contributed by atoms with Gasteiger partial charge in [0.1, 0.15) is 0 Å². The molecule has 1 heterocycles. The zero-order chi connectivity index (χ0) is 16.4. The fraction of sp³-hybridized carbons (Fsp3) is 0.222. The van der Waals surface area contributed by atoms with Crippen LogP contribution in [0, 0.1) is 6.92 Å². The van der Waals surface area contributed by atoms with Crippen molar-refractivity contribution in [3.05, 3.63) is 53.6 Å². The molecule has 0 aliphatic carbocycles. The maximum Gasteiger partial charge on any atom is 0.316 e. The van der Waals surface area contributed by atoms with Gasteiger partial charge in [-0.05, 0) is 49.1 Å². The summed E-state index contributed by atoms with van der Waals surface area (Å²) in [4.78, 5) is 26.4. The fourth-order valence-electron chi connectivity index (χ4n) is 2.82. The molecule has 0 atom stereocenters. The number of aryl methyl sites for hydroxylation is 2. The summed E-state index contributed by atoms with van der Waals surface area (Å²) in [6, 6.07) is 13.0. The molecule has 1 aliphatic rings. The number of carbonyl (C=O) groups excluding carboxylic acids is 2. The molecule has 0 spiro atoms. The molecule has 2 amide bonds. The summed E-state index contributed by atoms with van der Waals surface area (Å²) in [5.74, 6) is -1.22. The Morgan fingerprint density at radius 2 is 1.96 bits per heavy atom. The number of para-hydroxylation sites is 1. The number of carbonyl (C=O) groups is 2. The van der Waals surface area contributed by atoms with Gasteiger partial charge in [0.05, 0.1) is 11.4 Å². The number of hydrogen-bond donors (Lipinski definition) is 2. The third kappa shape index (κ3) is 3.04. The Hall–Kier alpha value is -2.82. The van der Waals surface area contributed by atoms with Crippen LogP contribution >= 0.6 is 0 Å². The Kier molecular flexibility index (Phi) is 4.02. The van der Waals surface area contributed by atoms with E-state index in [1.54, 1.807) is 17.0 Å². The molecule has 0 aromatic heterocycles. The Bertz CT molecular complexity index is 771. The predicted molar refractivity (Wildman–Crippen MR) is 91.3 cm³/mol. The Labute approximate surface area is 135 Å². The minimum atomic E-state index is -0.668. The third-order valence-corrected chi connectivity index (χ3v) is 4.01. The molecule has 1 aliphatic heterocycles. The maximum atomic E-state index is 12.5. The summed E-state index contributed by atoms with van der Waals surface area (Å²) in [7, 11) is 0. The zero-order valence-electron chi connectivity index (χ0n) is 13.0. The van der Waals surface area contributed by atoms with Gasteiger partial charge in [-0.3, -0.25) is 9.59 Å². The summed E-state index contributed by atoms with van der Waals surface area (Å²) in [6.45, 7) is 2.45. The van der Waals surface area contributed by atoms with E-state index in [-0.39, 0.29) is 0 Å². The highest BCUT2D eigenvalue weighted by Gasteiger charge is 2.27. The van der Waals surface area contributed by atoms with Gasteiger partial charge in [-0.2, -0.15) is 0 Å². The van der Waals surface area contributed by atoms with Crippen LogP contribution in [0.15, 0.2) is 42.5 Å². The van der Waals surface area contributed by atoms with Gasteiger partial charge in [-0.1, -0.05) is 24.3 Å². The number of hydrogen-bond acceptors (Lipinski definition) is 3. The first-order valence-corrected chi connectivity index (χ1v) is 7.63. The molecule has 0 saturated heterocycles. The predicted octanol–water partition coefficient (Wildman–Crippen LogP) is 2.50. The SMILES string of the molecule is Cc1ccc(N)c(NC(=O)C(=O)N2CCCc3ccccc32)c1. The van der Waals surface area contributed by atoms with Crippen LogP contribution in [0.2, 0.25) is 0 Å². The first-order chi connectivity index (χ1) is 11.1. The van der Waals surface area contributed by atoms with E-state index >= 15 is 0 Å². The molecular formula is C18H19N3O2. The van der Waals surface area contributed by atoms with Gasteiger partial charge in [0.15, 0.2) is 0 Å². The summed E-state index contributed by atoms with van der Waals surface area (Å²) < 4.78 is 0. The summed E-state index contributed by atoms with van der Waals surface area (Å²) >= 11 is 0. The molecule has 0 bridgehead atoms. The lowest BCUT2D eigenvalue weighted by atomic mass is 10.0. The fourth-order valence-corrected chi connectivity index (χ4v) is 2.82. The Balaban J connectivity index is 1.81. The quantitative estimate of drug-likeness (QED) is 0.628. The van der Waals surface area contributed by atoms with Gasteiger partial charge in [-0.25, -0.2) is 0 Å². The van der Waals surface area contributed by atoms with Crippen molar-refractivity contribution in [3.8, 4) is 0 Å². The van der Waals surface area contributed by atoms with Crippen LogP contribution in [-0.2, 0) is 16.0 Å². The number of nitrogens with one attached hydrogen (secondary N) is 1. The number of benzene rings is 2. The van der Waals surface area contributed by atoms with Gasteiger partial charge in [-0.15, -0.1) is 0 Å². The van der Waals surface area contributed by atoms with Gasteiger partial charge in [0.25, 0.3) is 0 Å². The molecule has 0 radical (unpaired) electrons. The van der Waals surface area contributed by atoms with Crippen LogP contribution in [0.3, 0.4) is 0 Å². The second kappa shape index (κ2) is 6.12. The highest BCUT2D eigenvalue weighted by molar-refractivity contribution is 6.44. The topological polar surface area (TPSA) is 75.4 Å². The van der Waals surface area contributed by atoms with Crippen molar-refractivity contribution in [3.63, 3.8) is 0 Å². The van der Waals surface area contributed by atoms with E-state index < -0.39 is 11.8 Å². The number of nitrogens with two attached hydrogens (primary N) is 1. The Morgan fingerprint density at radius 3 is 2.78 bits per heavy atom. The number of rotatable bonds is 1. The highest BCUT2D eigenvalue weighted by atomic mass is 16.2. The van der Waals surface area contributed by atoms with Crippen molar-refractivity contribution in [2.24, 2.45) is 0 Å². The summed E-state index contributed by atoms with van der Waals surface area (Å²) in [6.07, 6.45) is 1.77. The molecule has 3 rings (SSSR count). The number of fused-ring (bicyclic) bond motifs is 1. The number of nitrogen functional groups attached to an aromatic ring is 1. The van der Waals surface area contributed by atoms with Crippen LogP contribution in [0.5, 0.6) is 0 Å². The lowest BCUT2D eigenvalue weighted by molar-refractivity contribution is -0.134. The van der Waals surface area contributed by atoms with E-state index in [4.69, 9.17) is 5.73 Å². The molecule has 0 unspecified atom stereocenters. The first kappa shape index (κ1) is 15.1. The van der Waals surface area contributed by atoms with Crippen LogP contribution in [-0.4, -0.2) is 18.4 Å². The first-order valence-electron chi connectivity index (χ1n) is 7.63. The molecule has 118 valence electrons. The lowest BCUT2D eigenvalue weighted by Crippen LogP contribution is -2.42. The van der Waals surface area contributed by atoms with Crippen molar-refractivity contribution in [1.29, 1.82) is 0 Å². The van der Waals surface area contributed by atoms with E-state index in [1.807, 2.05) is 37.3 Å². The van der Waals surface area contributed by atoms with Crippen molar-refractivity contribution < 1.29 is 9.59 Å². The van der Waals surface area contributed by atoms with Crippen molar-refractivity contribution in [1.82, 2.24) is 0 Å². The molecule has 5 nitrogen and oxygen atoms in total. The van der Waals surface area contributed by atoms with Gasteiger partial charge < -0.3 is 16.0 Å². The van der Waals surface area contributed by atoms with Crippen molar-refractivity contribution in [2.75, 3.05) is 22.5 Å². The second-order valence-corrected chi connectivity index (χ2v) is 5.73. The molecule has 3 N–H and O–H groups in total. The normalized spacial score (nSPS) is 13.3. The van der Waals surface area contributed by atoms with Crippen LogP contribution in [0.25, 0.3) is 0 Å². The summed E-state index contributed by atoms with van der Waals surface area (Å²) in [5.41, 5.74) is 9.63. The monoisotopic (exact) mass is 309 g/mol. The largest absolute Gasteiger partial charge is 0.397 e. The molecule has 23 heavy (non-hydrogen) atoms. The van der Waals surface area contributed by atoms with E-state index in [9.17, 15) is 9.59 Å². The second-order valence-electron chi connectivity index (χ2n) is 5.73. The number of anilines is 3. The molecule has 5 heteroatoms. The standard InChI is InChI=1S/C18H19N3O2/c1-12-8-9-14(19)15(11-12)20-17(22)18(23)21-10-4-6-13-5-2-3-7-16(13)21/h2-3,5,7-9,11H,4,6,10,19H2,1H3,(H,20,22). The lowest BCUT2D eigenvalue weighted by Gasteiger charge is -2.28.